The number of aliphatic hydroxyl groups is 1. The number of halogens is 3. The molecule has 3 rings (SSSR count). The van der Waals surface area contributed by atoms with Gasteiger partial charge in [0.2, 0.25) is 0 Å². The number of hydrogen-bond acceptors (Lipinski definition) is 3. The average molecular weight is 460 g/mol. The van der Waals surface area contributed by atoms with Crippen LogP contribution in [0.4, 0.5) is 5.69 Å². The number of hydrogen-bond donors (Lipinski definition) is 2. The Morgan fingerprint density at radius 3 is 2.57 bits per heavy atom. The van der Waals surface area contributed by atoms with Gasteiger partial charge in [0, 0.05) is 30.6 Å². The first-order chi connectivity index (χ1) is 11.0. The molecule has 0 unspecified atom stereocenters. The molecule has 0 radical (unpaired) electrons. The summed E-state index contributed by atoms with van der Waals surface area (Å²) in [5.41, 5.74) is 1.86. The number of amides is 1. The van der Waals surface area contributed by atoms with Gasteiger partial charge in [0.1, 0.15) is 5.58 Å². The molecule has 3 aromatic rings. The minimum absolute atomic E-state index is 0.130. The summed E-state index contributed by atoms with van der Waals surface area (Å²) in [6.07, 6.45) is 0. The third kappa shape index (κ3) is 3.30. The van der Waals surface area contributed by atoms with Crippen molar-refractivity contribution in [2.75, 3.05) is 5.32 Å². The number of anilines is 1. The number of carbonyl (C=O) groups is 1. The molecule has 0 aliphatic heterocycles. The monoisotopic (exact) mass is 457 g/mol. The van der Waals surface area contributed by atoms with E-state index < -0.39 is 0 Å². The SMILES string of the molecule is O=C(Nc1ccc(Cl)cc1)c1cc2c(Br)c(CO)c(Br)cc2o1. The molecule has 0 spiro atoms. The van der Waals surface area contributed by atoms with Crippen LogP contribution in [0.25, 0.3) is 11.0 Å². The molecule has 1 amide bonds. The largest absolute Gasteiger partial charge is 0.451 e. The summed E-state index contributed by atoms with van der Waals surface area (Å²) >= 11 is 12.6. The number of benzene rings is 2. The van der Waals surface area contributed by atoms with Crippen molar-refractivity contribution in [2.24, 2.45) is 0 Å². The Balaban J connectivity index is 1.95. The zero-order valence-corrected chi connectivity index (χ0v) is 15.5. The van der Waals surface area contributed by atoms with Crippen LogP contribution in [0, 0.1) is 0 Å². The summed E-state index contributed by atoms with van der Waals surface area (Å²) in [6, 6.07) is 10.2. The van der Waals surface area contributed by atoms with Gasteiger partial charge in [-0.15, -0.1) is 0 Å². The van der Waals surface area contributed by atoms with Gasteiger partial charge in [-0.2, -0.15) is 0 Å². The van der Waals surface area contributed by atoms with Crippen LogP contribution >= 0.6 is 43.5 Å². The second-order valence-electron chi connectivity index (χ2n) is 4.79. The van der Waals surface area contributed by atoms with Crippen molar-refractivity contribution in [3.8, 4) is 0 Å². The third-order valence-electron chi connectivity index (χ3n) is 3.29. The third-order valence-corrected chi connectivity index (χ3v) is 5.16. The van der Waals surface area contributed by atoms with E-state index >= 15 is 0 Å². The van der Waals surface area contributed by atoms with Gasteiger partial charge >= 0.3 is 0 Å². The Morgan fingerprint density at radius 2 is 1.91 bits per heavy atom. The lowest BCUT2D eigenvalue weighted by molar-refractivity contribution is 0.0998. The van der Waals surface area contributed by atoms with E-state index in [0.29, 0.717) is 30.8 Å². The number of nitrogens with one attached hydrogen (secondary N) is 1. The van der Waals surface area contributed by atoms with Gasteiger partial charge in [-0.25, -0.2) is 0 Å². The van der Waals surface area contributed by atoms with E-state index in [1.54, 1.807) is 36.4 Å². The Labute approximate surface area is 153 Å². The molecule has 7 heteroatoms. The van der Waals surface area contributed by atoms with Crippen LogP contribution in [0.15, 0.2) is 49.8 Å². The fourth-order valence-corrected chi connectivity index (χ4v) is 3.71. The highest BCUT2D eigenvalue weighted by atomic mass is 79.9. The van der Waals surface area contributed by atoms with Crippen LogP contribution in [0.5, 0.6) is 0 Å². The van der Waals surface area contributed by atoms with Crippen LogP contribution < -0.4 is 5.32 Å². The molecule has 0 saturated carbocycles. The Hall–Kier alpha value is -1.34. The Bertz CT molecular complexity index is 890. The predicted octanol–water partition coefficient (Wildman–Crippen LogP) is 5.36. The fraction of sp³-hybridized carbons (Fsp3) is 0.0625. The Morgan fingerprint density at radius 1 is 1.22 bits per heavy atom. The second kappa shape index (κ2) is 6.65. The van der Waals surface area contributed by atoms with Crippen molar-refractivity contribution in [1.29, 1.82) is 0 Å². The van der Waals surface area contributed by atoms with E-state index in [2.05, 4.69) is 37.2 Å². The van der Waals surface area contributed by atoms with Crippen molar-refractivity contribution in [3.63, 3.8) is 0 Å². The zero-order chi connectivity index (χ0) is 16.6. The maximum absolute atomic E-state index is 12.3. The van der Waals surface area contributed by atoms with Gasteiger partial charge in [-0.1, -0.05) is 27.5 Å². The Kier molecular flexibility index (Phi) is 4.77. The molecule has 1 aromatic heterocycles. The van der Waals surface area contributed by atoms with Gasteiger partial charge in [0.05, 0.1) is 6.61 Å². The molecule has 118 valence electrons. The normalized spacial score (nSPS) is 11.0. The topological polar surface area (TPSA) is 62.5 Å². The van der Waals surface area contributed by atoms with Crippen LogP contribution in [0.3, 0.4) is 0 Å². The molecule has 1 heterocycles. The lowest BCUT2D eigenvalue weighted by atomic mass is 10.1. The molecular formula is C16H10Br2ClNO3. The van der Waals surface area contributed by atoms with Gasteiger partial charge in [-0.05, 0) is 52.3 Å². The maximum Gasteiger partial charge on any atom is 0.291 e. The molecular weight excluding hydrogens is 449 g/mol. The smallest absolute Gasteiger partial charge is 0.291 e. The van der Waals surface area contributed by atoms with Gasteiger partial charge in [0.15, 0.2) is 5.76 Å². The molecule has 0 fully saturated rings. The van der Waals surface area contributed by atoms with Crippen molar-refractivity contribution in [2.45, 2.75) is 6.61 Å². The van der Waals surface area contributed by atoms with Crippen LogP contribution in [0.2, 0.25) is 5.02 Å². The highest BCUT2D eigenvalue weighted by Gasteiger charge is 2.17. The standard InChI is InChI=1S/C16H10Br2ClNO3/c17-12-6-13-10(15(18)11(12)7-21)5-14(23-13)16(22)20-9-3-1-8(19)2-4-9/h1-6,21H,7H2,(H,20,22). The van der Waals surface area contributed by atoms with Crippen LogP contribution in [-0.2, 0) is 6.61 Å². The summed E-state index contributed by atoms with van der Waals surface area (Å²) in [5, 5.41) is 13.5. The van der Waals surface area contributed by atoms with Gasteiger partial charge < -0.3 is 14.8 Å². The number of fused-ring (bicyclic) bond motifs is 1. The minimum atomic E-state index is -0.364. The molecule has 2 aromatic carbocycles. The number of aliphatic hydroxyl groups excluding tert-OH is 1. The summed E-state index contributed by atoms with van der Waals surface area (Å²) in [5.74, 6) is -0.185. The fourth-order valence-electron chi connectivity index (χ4n) is 2.14. The first-order valence-electron chi connectivity index (χ1n) is 6.58. The first-order valence-corrected chi connectivity index (χ1v) is 8.54. The molecule has 0 bridgehead atoms. The van der Waals surface area contributed by atoms with Gasteiger partial charge in [-0.3, -0.25) is 4.79 Å². The summed E-state index contributed by atoms with van der Waals surface area (Å²) in [7, 11) is 0. The van der Waals surface area contributed by atoms with Gasteiger partial charge in [0.25, 0.3) is 5.91 Å². The summed E-state index contributed by atoms with van der Waals surface area (Å²) in [4.78, 5) is 12.3. The van der Waals surface area contributed by atoms with E-state index in [4.69, 9.17) is 16.0 Å². The molecule has 23 heavy (non-hydrogen) atoms. The van der Waals surface area contributed by atoms with E-state index in [1.807, 2.05) is 0 Å². The summed E-state index contributed by atoms with van der Waals surface area (Å²) in [6.45, 7) is -0.130. The first kappa shape index (κ1) is 16.5. The quantitative estimate of drug-likeness (QED) is 0.555. The number of furan rings is 1. The lowest BCUT2D eigenvalue weighted by Crippen LogP contribution is -2.10. The predicted molar refractivity (Wildman–Crippen MR) is 96.9 cm³/mol. The highest BCUT2D eigenvalue weighted by molar-refractivity contribution is 9.11. The van der Waals surface area contributed by atoms with Crippen LogP contribution in [0.1, 0.15) is 16.1 Å². The zero-order valence-electron chi connectivity index (χ0n) is 11.6. The molecule has 4 nitrogen and oxygen atoms in total. The van der Waals surface area contributed by atoms with Crippen molar-refractivity contribution in [1.82, 2.24) is 0 Å². The molecule has 2 N–H and O–H groups in total. The molecule has 0 aliphatic carbocycles. The second-order valence-corrected chi connectivity index (χ2v) is 6.88. The molecule has 0 saturated heterocycles. The molecule has 0 aliphatic rings. The van der Waals surface area contributed by atoms with Crippen LogP contribution in [-0.4, -0.2) is 11.0 Å². The number of rotatable bonds is 3. The van der Waals surface area contributed by atoms with E-state index in [-0.39, 0.29) is 18.3 Å². The maximum atomic E-state index is 12.3. The average Bonchev–Trinajstić information content (AvgIpc) is 2.94. The number of carbonyl (C=O) groups excluding carboxylic acids is 1. The van der Waals surface area contributed by atoms with E-state index in [1.165, 1.54) is 0 Å². The van der Waals surface area contributed by atoms with Crippen molar-refractivity contribution < 1.29 is 14.3 Å². The lowest BCUT2D eigenvalue weighted by Gasteiger charge is -2.04. The minimum Gasteiger partial charge on any atom is -0.451 e. The molecule has 0 atom stereocenters. The van der Waals surface area contributed by atoms with Crippen molar-refractivity contribution >= 4 is 66.0 Å². The van der Waals surface area contributed by atoms with E-state index in [0.717, 1.165) is 5.39 Å². The van der Waals surface area contributed by atoms with Crippen molar-refractivity contribution in [3.05, 3.63) is 61.7 Å². The summed E-state index contributed by atoms with van der Waals surface area (Å²) < 4.78 is 7.01. The highest BCUT2D eigenvalue weighted by Crippen LogP contribution is 2.35. The van der Waals surface area contributed by atoms with E-state index in [9.17, 15) is 9.90 Å².